The van der Waals surface area contributed by atoms with Crippen molar-refractivity contribution in [2.45, 2.75) is 13.3 Å². The number of hydrogen-bond acceptors (Lipinski definition) is 3. The third kappa shape index (κ3) is 3.18. The number of rotatable bonds is 5. The molecule has 0 aliphatic heterocycles. The van der Waals surface area contributed by atoms with Crippen molar-refractivity contribution >= 4 is 16.8 Å². The molecule has 1 amide bonds. The topological polar surface area (TPSA) is 67.0 Å². The number of H-pyrrole nitrogens is 1. The van der Waals surface area contributed by atoms with Gasteiger partial charge in [-0.2, -0.15) is 5.10 Å². The van der Waals surface area contributed by atoms with Gasteiger partial charge in [0.15, 0.2) is 5.69 Å². The molecule has 2 N–H and O–H groups in total. The van der Waals surface area contributed by atoms with Crippen molar-refractivity contribution in [2.24, 2.45) is 0 Å². The van der Waals surface area contributed by atoms with Crippen LogP contribution in [-0.2, 0) is 6.42 Å². The third-order valence-corrected chi connectivity index (χ3v) is 3.81. The molecule has 118 valence electrons. The van der Waals surface area contributed by atoms with Crippen molar-refractivity contribution in [3.05, 3.63) is 59.3 Å². The fourth-order valence-corrected chi connectivity index (χ4v) is 2.60. The number of aryl methyl sites for hydroxylation is 1. The standard InChI is InChI=1S/C18H19N3O2/c1-12-7-8-15-14(11-12)17(21-20-15)18(22)19-10-9-13-5-3-4-6-16(13)23-2/h3-8,11H,9-10H2,1-2H3,(H,19,22)(H,20,21). The van der Waals surface area contributed by atoms with Crippen molar-refractivity contribution in [3.63, 3.8) is 0 Å². The molecular weight excluding hydrogens is 290 g/mol. The van der Waals surface area contributed by atoms with Gasteiger partial charge in [-0.25, -0.2) is 0 Å². The largest absolute Gasteiger partial charge is 0.496 e. The first kappa shape index (κ1) is 15.1. The molecule has 23 heavy (non-hydrogen) atoms. The zero-order chi connectivity index (χ0) is 16.2. The molecule has 0 spiro atoms. The number of benzene rings is 2. The number of nitrogens with one attached hydrogen (secondary N) is 2. The number of aromatic amines is 1. The quantitative estimate of drug-likeness (QED) is 0.761. The van der Waals surface area contributed by atoms with Gasteiger partial charge in [0.05, 0.1) is 12.6 Å². The first-order valence-corrected chi connectivity index (χ1v) is 7.54. The van der Waals surface area contributed by atoms with E-state index in [1.807, 2.05) is 49.4 Å². The van der Waals surface area contributed by atoms with Crippen LogP contribution < -0.4 is 10.1 Å². The van der Waals surface area contributed by atoms with Gasteiger partial charge in [-0.3, -0.25) is 9.89 Å². The average molecular weight is 309 g/mol. The van der Waals surface area contributed by atoms with E-state index in [1.54, 1.807) is 7.11 Å². The second-order valence-electron chi connectivity index (χ2n) is 5.44. The second kappa shape index (κ2) is 6.52. The minimum Gasteiger partial charge on any atom is -0.496 e. The van der Waals surface area contributed by atoms with Crippen LogP contribution in [0.2, 0.25) is 0 Å². The highest BCUT2D eigenvalue weighted by atomic mass is 16.5. The van der Waals surface area contributed by atoms with Gasteiger partial charge in [0, 0.05) is 11.9 Å². The summed E-state index contributed by atoms with van der Waals surface area (Å²) in [5.41, 5.74) is 3.47. The van der Waals surface area contributed by atoms with Crippen molar-refractivity contribution in [2.75, 3.05) is 13.7 Å². The smallest absolute Gasteiger partial charge is 0.272 e. The summed E-state index contributed by atoms with van der Waals surface area (Å²) in [7, 11) is 1.65. The molecule has 0 bridgehead atoms. The Morgan fingerprint density at radius 2 is 2.09 bits per heavy atom. The first-order valence-electron chi connectivity index (χ1n) is 7.54. The zero-order valence-electron chi connectivity index (χ0n) is 13.2. The van der Waals surface area contributed by atoms with Gasteiger partial charge in [0.1, 0.15) is 5.75 Å². The van der Waals surface area contributed by atoms with E-state index in [-0.39, 0.29) is 5.91 Å². The molecule has 2 aromatic carbocycles. The number of fused-ring (bicyclic) bond motifs is 1. The summed E-state index contributed by atoms with van der Waals surface area (Å²) >= 11 is 0. The second-order valence-corrected chi connectivity index (χ2v) is 5.44. The van der Waals surface area contributed by atoms with E-state index in [2.05, 4.69) is 15.5 Å². The highest BCUT2D eigenvalue weighted by Crippen LogP contribution is 2.18. The van der Waals surface area contributed by atoms with E-state index in [1.165, 1.54) is 0 Å². The maximum Gasteiger partial charge on any atom is 0.272 e. The maximum absolute atomic E-state index is 12.4. The minimum absolute atomic E-state index is 0.170. The minimum atomic E-state index is -0.170. The van der Waals surface area contributed by atoms with Crippen molar-refractivity contribution in [1.82, 2.24) is 15.5 Å². The highest BCUT2D eigenvalue weighted by Gasteiger charge is 2.14. The monoisotopic (exact) mass is 309 g/mol. The zero-order valence-corrected chi connectivity index (χ0v) is 13.2. The van der Waals surface area contributed by atoms with Crippen LogP contribution >= 0.6 is 0 Å². The fourth-order valence-electron chi connectivity index (χ4n) is 2.60. The summed E-state index contributed by atoms with van der Waals surface area (Å²) in [5, 5.41) is 10.8. The Bertz CT molecular complexity index is 839. The van der Waals surface area contributed by atoms with E-state index in [4.69, 9.17) is 4.74 Å². The van der Waals surface area contributed by atoms with Crippen molar-refractivity contribution < 1.29 is 9.53 Å². The molecule has 0 aliphatic carbocycles. The number of amides is 1. The Balaban J connectivity index is 1.68. The van der Waals surface area contributed by atoms with E-state index in [0.717, 1.165) is 27.8 Å². The molecular formula is C18H19N3O2. The van der Waals surface area contributed by atoms with Gasteiger partial charge in [-0.1, -0.05) is 29.8 Å². The van der Waals surface area contributed by atoms with Crippen LogP contribution in [0.5, 0.6) is 5.75 Å². The molecule has 0 fully saturated rings. The van der Waals surface area contributed by atoms with Gasteiger partial charge < -0.3 is 10.1 Å². The lowest BCUT2D eigenvalue weighted by Gasteiger charge is -2.08. The summed E-state index contributed by atoms with van der Waals surface area (Å²) in [6.07, 6.45) is 0.705. The Hall–Kier alpha value is -2.82. The number of hydrogen-bond donors (Lipinski definition) is 2. The Morgan fingerprint density at radius 1 is 1.26 bits per heavy atom. The third-order valence-electron chi connectivity index (χ3n) is 3.81. The Kier molecular flexibility index (Phi) is 4.28. The molecule has 1 heterocycles. The molecule has 1 aromatic heterocycles. The molecule has 0 atom stereocenters. The van der Waals surface area contributed by atoms with E-state index in [9.17, 15) is 4.79 Å². The maximum atomic E-state index is 12.4. The van der Waals surface area contributed by atoms with E-state index >= 15 is 0 Å². The van der Waals surface area contributed by atoms with Crippen LogP contribution in [0.3, 0.4) is 0 Å². The van der Waals surface area contributed by atoms with Crippen LogP contribution in [0.25, 0.3) is 10.9 Å². The summed E-state index contributed by atoms with van der Waals surface area (Å²) in [6.45, 7) is 2.52. The predicted molar refractivity (Wildman–Crippen MR) is 89.9 cm³/mol. The lowest BCUT2D eigenvalue weighted by atomic mass is 10.1. The molecule has 5 heteroatoms. The van der Waals surface area contributed by atoms with Crippen molar-refractivity contribution in [3.8, 4) is 5.75 Å². The Morgan fingerprint density at radius 3 is 2.91 bits per heavy atom. The molecule has 0 unspecified atom stereocenters. The summed E-state index contributed by atoms with van der Waals surface area (Å²) in [4.78, 5) is 12.4. The molecule has 3 aromatic rings. The highest BCUT2D eigenvalue weighted by molar-refractivity contribution is 6.04. The number of methoxy groups -OCH3 is 1. The Labute approximate surface area is 134 Å². The number of carbonyl (C=O) groups excluding carboxylic acids is 1. The van der Waals surface area contributed by atoms with Gasteiger partial charge in [-0.05, 0) is 37.1 Å². The fraction of sp³-hybridized carbons (Fsp3) is 0.222. The lowest BCUT2D eigenvalue weighted by Crippen LogP contribution is -2.26. The SMILES string of the molecule is COc1ccccc1CCNC(=O)c1n[nH]c2ccc(C)cc12. The molecule has 0 saturated heterocycles. The normalized spacial score (nSPS) is 10.7. The van der Waals surface area contributed by atoms with Crippen LogP contribution in [-0.4, -0.2) is 29.8 Å². The van der Waals surface area contributed by atoms with E-state index in [0.29, 0.717) is 18.7 Å². The molecule has 0 aliphatic rings. The molecule has 5 nitrogen and oxygen atoms in total. The van der Waals surface area contributed by atoms with Crippen LogP contribution in [0.1, 0.15) is 21.6 Å². The van der Waals surface area contributed by atoms with Gasteiger partial charge in [-0.15, -0.1) is 0 Å². The summed E-state index contributed by atoms with van der Waals surface area (Å²) < 4.78 is 5.32. The predicted octanol–water partition coefficient (Wildman–Crippen LogP) is 2.85. The van der Waals surface area contributed by atoms with Gasteiger partial charge in [0.25, 0.3) is 5.91 Å². The number of nitrogens with zero attached hydrogens (tertiary/aromatic N) is 1. The van der Waals surface area contributed by atoms with Crippen LogP contribution in [0, 0.1) is 6.92 Å². The number of para-hydroxylation sites is 1. The molecule has 3 rings (SSSR count). The van der Waals surface area contributed by atoms with Crippen molar-refractivity contribution in [1.29, 1.82) is 0 Å². The van der Waals surface area contributed by atoms with Gasteiger partial charge >= 0.3 is 0 Å². The number of aromatic nitrogens is 2. The van der Waals surface area contributed by atoms with E-state index < -0.39 is 0 Å². The summed E-state index contributed by atoms with van der Waals surface area (Å²) in [5.74, 6) is 0.666. The summed E-state index contributed by atoms with van der Waals surface area (Å²) in [6, 6.07) is 13.7. The molecule has 0 radical (unpaired) electrons. The molecule has 0 saturated carbocycles. The van der Waals surface area contributed by atoms with Crippen LogP contribution in [0.15, 0.2) is 42.5 Å². The van der Waals surface area contributed by atoms with Gasteiger partial charge in [0.2, 0.25) is 0 Å². The number of carbonyl (C=O) groups is 1. The number of ether oxygens (including phenoxy) is 1. The lowest BCUT2D eigenvalue weighted by molar-refractivity contribution is 0.0950. The first-order chi connectivity index (χ1) is 11.2. The average Bonchev–Trinajstić information content (AvgIpc) is 2.98. The van der Waals surface area contributed by atoms with Crippen LogP contribution in [0.4, 0.5) is 0 Å².